The van der Waals surface area contributed by atoms with E-state index in [1.807, 2.05) is 54.6 Å². The molecular weight excluding hydrogens is 486 g/mol. The lowest BCUT2D eigenvalue weighted by molar-refractivity contribution is 0.0475. The molecule has 38 heavy (non-hydrogen) atoms. The standard InChI is InChI=1S/C33H33NO3Si/c1-33(2,3)31-22-29-28(32(35)36-23-25-14-7-4-8-15-25)20-13-21-30(29)34(31)24-37-38(26-16-9-5-10-17-26)27-18-11-6-12-19-27/h4-22,38H,23-24H2,1-3H3. The van der Waals surface area contributed by atoms with Crippen LogP contribution in [0.5, 0.6) is 0 Å². The van der Waals surface area contributed by atoms with Crippen LogP contribution in [0.1, 0.15) is 42.4 Å². The van der Waals surface area contributed by atoms with Gasteiger partial charge >= 0.3 is 5.97 Å². The van der Waals surface area contributed by atoms with E-state index in [9.17, 15) is 4.79 Å². The highest BCUT2D eigenvalue weighted by atomic mass is 28.3. The van der Waals surface area contributed by atoms with Gasteiger partial charge in [0.1, 0.15) is 13.3 Å². The molecule has 1 heterocycles. The van der Waals surface area contributed by atoms with E-state index >= 15 is 0 Å². The number of carbonyl (C=O) groups excluding carboxylic acids is 1. The van der Waals surface area contributed by atoms with Crippen molar-refractivity contribution in [2.24, 2.45) is 0 Å². The highest BCUT2D eigenvalue weighted by Gasteiger charge is 2.25. The third kappa shape index (κ3) is 5.64. The number of fused-ring (bicyclic) bond motifs is 1. The normalized spacial score (nSPS) is 11.7. The molecule has 0 amide bonds. The van der Waals surface area contributed by atoms with Crippen LogP contribution in [0.2, 0.25) is 0 Å². The van der Waals surface area contributed by atoms with Crippen molar-refractivity contribution < 1.29 is 14.0 Å². The molecule has 0 aliphatic carbocycles. The van der Waals surface area contributed by atoms with E-state index in [0.717, 1.165) is 22.2 Å². The lowest BCUT2D eigenvalue weighted by Gasteiger charge is -2.24. The van der Waals surface area contributed by atoms with Gasteiger partial charge in [-0.05, 0) is 34.1 Å². The molecule has 0 fully saturated rings. The second kappa shape index (κ2) is 11.2. The van der Waals surface area contributed by atoms with Gasteiger partial charge in [-0.3, -0.25) is 0 Å². The first-order valence-electron chi connectivity index (χ1n) is 13.0. The minimum absolute atomic E-state index is 0.149. The minimum Gasteiger partial charge on any atom is -0.457 e. The maximum atomic E-state index is 13.2. The van der Waals surface area contributed by atoms with Gasteiger partial charge in [-0.1, -0.05) is 118 Å². The van der Waals surface area contributed by atoms with Gasteiger partial charge < -0.3 is 13.7 Å². The van der Waals surface area contributed by atoms with Crippen molar-refractivity contribution in [2.45, 2.75) is 39.5 Å². The van der Waals surface area contributed by atoms with E-state index in [2.05, 4.69) is 86.0 Å². The van der Waals surface area contributed by atoms with E-state index in [0.29, 0.717) is 12.3 Å². The molecule has 0 unspecified atom stereocenters. The molecule has 192 valence electrons. The largest absolute Gasteiger partial charge is 0.457 e. The van der Waals surface area contributed by atoms with E-state index < -0.39 is 9.04 Å². The molecule has 0 aliphatic heterocycles. The highest BCUT2D eigenvalue weighted by Crippen LogP contribution is 2.32. The summed E-state index contributed by atoms with van der Waals surface area (Å²) < 4.78 is 14.7. The Hall–Kier alpha value is -3.93. The average molecular weight is 520 g/mol. The first kappa shape index (κ1) is 25.7. The monoisotopic (exact) mass is 519 g/mol. The molecule has 5 rings (SSSR count). The maximum Gasteiger partial charge on any atom is 0.339 e. The van der Waals surface area contributed by atoms with Crippen molar-refractivity contribution in [3.05, 3.63) is 132 Å². The zero-order valence-corrected chi connectivity index (χ0v) is 23.3. The van der Waals surface area contributed by atoms with Crippen molar-refractivity contribution in [3.8, 4) is 0 Å². The summed E-state index contributed by atoms with van der Waals surface area (Å²) in [5.41, 5.74) is 3.47. The minimum atomic E-state index is -1.94. The molecule has 0 radical (unpaired) electrons. The number of esters is 1. The van der Waals surface area contributed by atoms with Crippen LogP contribution in [-0.4, -0.2) is 19.6 Å². The number of rotatable bonds is 8. The van der Waals surface area contributed by atoms with Crippen LogP contribution in [0.4, 0.5) is 0 Å². The maximum absolute atomic E-state index is 13.2. The first-order chi connectivity index (χ1) is 18.4. The number of nitrogens with zero attached hydrogens (tertiary/aromatic N) is 1. The summed E-state index contributed by atoms with van der Waals surface area (Å²) >= 11 is 0. The summed E-state index contributed by atoms with van der Waals surface area (Å²) in [4.78, 5) is 13.2. The topological polar surface area (TPSA) is 40.5 Å². The van der Waals surface area contributed by atoms with Gasteiger partial charge in [0, 0.05) is 16.5 Å². The Morgan fingerprint density at radius 1 is 0.763 bits per heavy atom. The summed E-state index contributed by atoms with van der Waals surface area (Å²) in [7, 11) is -1.94. The molecule has 0 N–H and O–H groups in total. The van der Waals surface area contributed by atoms with Gasteiger partial charge in [0.25, 0.3) is 0 Å². The number of benzene rings is 4. The van der Waals surface area contributed by atoms with E-state index in [4.69, 9.17) is 9.16 Å². The van der Waals surface area contributed by atoms with Gasteiger partial charge in [-0.2, -0.15) is 0 Å². The van der Waals surface area contributed by atoms with Crippen LogP contribution in [0.3, 0.4) is 0 Å². The number of hydrogen-bond acceptors (Lipinski definition) is 3. The summed E-state index contributed by atoms with van der Waals surface area (Å²) in [6, 6.07) is 38.7. The summed E-state index contributed by atoms with van der Waals surface area (Å²) in [5.74, 6) is -0.321. The Bertz CT molecular complexity index is 1470. The number of hydrogen-bond donors (Lipinski definition) is 0. The fraction of sp³-hybridized carbons (Fsp3) is 0.182. The van der Waals surface area contributed by atoms with Gasteiger partial charge in [-0.15, -0.1) is 0 Å². The number of carbonyl (C=O) groups is 1. The van der Waals surface area contributed by atoms with Crippen LogP contribution in [0.15, 0.2) is 115 Å². The predicted molar refractivity (Wildman–Crippen MR) is 157 cm³/mol. The number of aromatic nitrogens is 1. The van der Waals surface area contributed by atoms with E-state index in [1.54, 1.807) is 0 Å². The van der Waals surface area contributed by atoms with E-state index in [1.165, 1.54) is 10.4 Å². The SMILES string of the molecule is CC(C)(C)c1cc2c(C(=O)OCc3ccccc3)cccc2n1CO[SiH](c1ccccc1)c1ccccc1. The van der Waals surface area contributed by atoms with Crippen molar-refractivity contribution in [1.29, 1.82) is 0 Å². The molecule has 1 aromatic heterocycles. The second-order valence-corrected chi connectivity index (χ2v) is 12.9. The smallest absolute Gasteiger partial charge is 0.339 e. The molecule has 0 spiro atoms. The summed E-state index contributed by atoms with van der Waals surface area (Å²) in [6.45, 7) is 7.21. The Balaban J connectivity index is 1.49. The molecule has 0 saturated carbocycles. The average Bonchev–Trinajstić information content (AvgIpc) is 3.33. The first-order valence-corrected chi connectivity index (χ1v) is 14.6. The Morgan fingerprint density at radius 2 is 1.34 bits per heavy atom. The third-order valence-electron chi connectivity index (χ3n) is 6.72. The van der Waals surface area contributed by atoms with Crippen molar-refractivity contribution in [1.82, 2.24) is 4.57 Å². The highest BCUT2D eigenvalue weighted by molar-refractivity contribution is 6.79. The van der Waals surface area contributed by atoms with Crippen LogP contribution < -0.4 is 10.4 Å². The molecule has 5 aromatic rings. The van der Waals surface area contributed by atoms with Crippen molar-refractivity contribution >= 4 is 36.3 Å². The van der Waals surface area contributed by atoms with Gasteiger partial charge in [-0.25, -0.2) is 4.79 Å². The van der Waals surface area contributed by atoms with Crippen LogP contribution in [0, 0.1) is 0 Å². The molecule has 4 aromatic carbocycles. The molecule has 0 aliphatic rings. The molecular formula is C33H33NO3Si. The quantitative estimate of drug-likeness (QED) is 0.192. The fourth-order valence-corrected chi connectivity index (χ4v) is 7.03. The Kier molecular flexibility index (Phi) is 7.59. The Morgan fingerprint density at radius 3 is 1.92 bits per heavy atom. The zero-order valence-electron chi connectivity index (χ0n) is 22.1. The Labute approximate surface area is 226 Å². The lowest BCUT2D eigenvalue weighted by Crippen LogP contribution is -2.45. The van der Waals surface area contributed by atoms with Crippen LogP contribution >= 0.6 is 0 Å². The molecule has 0 bridgehead atoms. The van der Waals surface area contributed by atoms with Crippen molar-refractivity contribution in [2.75, 3.05) is 0 Å². The number of ether oxygens (including phenoxy) is 1. The van der Waals surface area contributed by atoms with Crippen LogP contribution in [-0.2, 0) is 27.9 Å². The fourth-order valence-electron chi connectivity index (χ4n) is 4.81. The van der Waals surface area contributed by atoms with Crippen molar-refractivity contribution in [3.63, 3.8) is 0 Å². The molecule has 0 atom stereocenters. The lowest BCUT2D eigenvalue weighted by atomic mass is 9.92. The second-order valence-electron chi connectivity index (χ2n) is 10.5. The summed E-state index contributed by atoms with van der Waals surface area (Å²) in [5, 5.41) is 3.35. The zero-order chi connectivity index (χ0) is 26.5. The third-order valence-corrected chi connectivity index (χ3v) is 9.18. The molecule has 0 saturated heterocycles. The molecule has 4 nitrogen and oxygen atoms in total. The van der Waals surface area contributed by atoms with Crippen LogP contribution in [0.25, 0.3) is 10.9 Å². The van der Waals surface area contributed by atoms with Gasteiger partial charge in [0.2, 0.25) is 9.04 Å². The van der Waals surface area contributed by atoms with Gasteiger partial charge in [0.15, 0.2) is 0 Å². The van der Waals surface area contributed by atoms with Gasteiger partial charge in [0.05, 0.1) is 11.1 Å². The van der Waals surface area contributed by atoms with E-state index in [-0.39, 0.29) is 18.0 Å². The summed E-state index contributed by atoms with van der Waals surface area (Å²) in [6.07, 6.45) is 0. The molecule has 5 heteroatoms. The predicted octanol–water partition coefficient (Wildman–Crippen LogP) is 5.81.